The van der Waals surface area contributed by atoms with Gasteiger partial charge in [-0.15, -0.1) is 0 Å². The van der Waals surface area contributed by atoms with Crippen molar-refractivity contribution in [3.63, 3.8) is 0 Å². The van der Waals surface area contributed by atoms with Crippen LogP contribution in [0.2, 0.25) is 0 Å². The van der Waals surface area contributed by atoms with E-state index in [1.807, 2.05) is 6.92 Å². The van der Waals surface area contributed by atoms with Crippen molar-refractivity contribution in [2.45, 2.75) is 19.5 Å². The molecule has 2 amide bonds. The zero-order valence-corrected chi connectivity index (χ0v) is 15.9. The maximum Gasteiger partial charge on any atom is 0.252 e. The van der Waals surface area contributed by atoms with Crippen molar-refractivity contribution in [2.75, 3.05) is 18.1 Å². The van der Waals surface area contributed by atoms with Gasteiger partial charge in [-0.2, -0.15) is 0 Å². The van der Waals surface area contributed by atoms with Gasteiger partial charge in [0.05, 0.1) is 17.2 Å². The van der Waals surface area contributed by atoms with Crippen LogP contribution in [0.3, 0.4) is 0 Å². The number of nitrogens with one attached hydrogen (secondary N) is 2. The molecular weight excluding hydrogens is 375 g/mol. The van der Waals surface area contributed by atoms with Crippen LogP contribution in [-0.2, 0) is 4.79 Å². The normalized spacial score (nSPS) is 17.8. The molecule has 3 aromatic heterocycles. The maximum absolute atomic E-state index is 13.1. The number of amides is 2. The van der Waals surface area contributed by atoms with Crippen LogP contribution >= 0.6 is 0 Å². The fourth-order valence-electron chi connectivity index (χ4n) is 3.18. The minimum absolute atomic E-state index is 0.244. The van der Waals surface area contributed by atoms with Crippen molar-refractivity contribution in [1.29, 1.82) is 0 Å². The summed E-state index contributed by atoms with van der Waals surface area (Å²) in [6, 6.07) is 3.45. The van der Waals surface area contributed by atoms with Gasteiger partial charge in [0.2, 0.25) is 5.91 Å². The lowest BCUT2D eigenvalue weighted by Gasteiger charge is -2.12. The molecular formula is C20H19FN6O2. The van der Waals surface area contributed by atoms with Gasteiger partial charge in [0, 0.05) is 36.6 Å². The fourth-order valence-corrected chi connectivity index (χ4v) is 3.18. The molecule has 2 atom stereocenters. The fraction of sp³-hybridized carbons (Fsp3) is 0.250. The van der Waals surface area contributed by atoms with Crippen LogP contribution in [0.1, 0.15) is 22.3 Å². The second kappa shape index (κ2) is 7.08. The van der Waals surface area contributed by atoms with Crippen LogP contribution in [0, 0.1) is 12.8 Å². The highest BCUT2D eigenvalue weighted by Crippen LogP contribution is 2.35. The molecule has 1 fully saturated rings. The number of hydrogen-bond donors (Lipinski definition) is 3. The van der Waals surface area contributed by atoms with Crippen LogP contribution in [0.25, 0.3) is 22.0 Å². The first-order valence-electron chi connectivity index (χ1n) is 9.07. The highest BCUT2D eigenvalue weighted by Gasteiger charge is 2.43. The summed E-state index contributed by atoms with van der Waals surface area (Å²) >= 11 is 0. The first-order chi connectivity index (χ1) is 13.9. The van der Waals surface area contributed by atoms with Crippen LogP contribution in [0.4, 0.5) is 16.0 Å². The monoisotopic (exact) mass is 394 g/mol. The Bertz CT molecular complexity index is 1150. The molecule has 0 saturated heterocycles. The van der Waals surface area contributed by atoms with Crippen LogP contribution in [0.5, 0.6) is 0 Å². The molecule has 0 aromatic carbocycles. The number of aromatic nitrogens is 3. The number of nitrogens with two attached hydrogens (primary N) is 1. The predicted octanol–water partition coefficient (Wildman–Crippen LogP) is 2.24. The molecule has 9 heteroatoms. The summed E-state index contributed by atoms with van der Waals surface area (Å²) in [7, 11) is 1.55. The number of nitrogen functional groups attached to an aromatic ring is 1. The Hall–Kier alpha value is -3.62. The number of fused-ring (bicyclic) bond motifs is 1. The summed E-state index contributed by atoms with van der Waals surface area (Å²) in [4.78, 5) is 36.8. The molecule has 3 aromatic rings. The molecule has 1 saturated carbocycles. The quantitative estimate of drug-likeness (QED) is 0.624. The van der Waals surface area contributed by atoms with E-state index in [0.29, 0.717) is 33.4 Å². The van der Waals surface area contributed by atoms with Crippen LogP contribution in [-0.4, -0.2) is 40.0 Å². The Labute approximate surface area is 165 Å². The molecule has 29 heavy (non-hydrogen) atoms. The van der Waals surface area contributed by atoms with E-state index in [1.165, 1.54) is 12.4 Å². The number of carbonyl (C=O) groups excluding carboxylic acids is 2. The van der Waals surface area contributed by atoms with Gasteiger partial charge in [-0.05, 0) is 36.4 Å². The minimum Gasteiger partial charge on any atom is -0.383 e. The SMILES string of the molecule is CNC(=O)c1cncc(-c2cc3cc(NC(=O)C4CC4F)ncc3c(N)n2)c1C. The number of nitrogens with zero attached hydrogens (tertiary/aromatic N) is 3. The molecule has 4 rings (SSSR count). The largest absolute Gasteiger partial charge is 0.383 e. The summed E-state index contributed by atoms with van der Waals surface area (Å²) in [5.41, 5.74) is 8.48. The van der Waals surface area contributed by atoms with E-state index < -0.39 is 12.1 Å². The van der Waals surface area contributed by atoms with Gasteiger partial charge in [-0.1, -0.05) is 0 Å². The minimum atomic E-state index is -1.08. The van der Waals surface area contributed by atoms with Gasteiger partial charge in [0.15, 0.2) is 0 Å². The summed E-state index contributed by atoms with van der Waals surface area (Å²) in [6.07, 6.45) is 3.80. The number of rotatable bonds is 4. The molecule has 148 valence electrons. The maximum atomic E-state index is 13.1. The van der Waals surface area contributed by atoms with Crippen molar-refractivity contribution in [2.24, 2.45) is 5.92 Å². The van der Waals surface area contributed by atoms with Gasteiger partial charge in [-0.3, -0.25) is 14.6 Å². The average molecular weight is 394 g/mol. The Morgan fingerprint density at radius 3 is 2.69 bits per heavy atom. The number of hydrogen-bond acceptors (Lipinski definition) is 6. The smallest absolute Gasteiger partial charge is 0.252 e. The number of pyridine rings is 3. The Morgan fingerprint density at radius 2 is 2.00 bits per heavy atom. The highest BCUT2D eigenvalue weighted by molar-refractivity contribution is 6.00. The Balaban J connectivity index is 1.74. The standard InChI is InChI=1S/C20H19FN6O2/c1-9-12(6-24-7-13(9)19(28)23-2)16-3-10-4-17(25-8-14(10)18(22)26-16)27-20(29)11-5-15(11)21/h3-4,6-8,11,15H,5H2,1-2H3,(H2,22,26)(H,23,28)(H,25,27,29). The lowest BCUT2D eigenvalue weighted by molar-refractivity contribution is -0.117. The third-order valence-corrected chi connectivity index (χ3v) is 5.01. The zero-order chi connectivity index (χ0) is 20.7. The molecule has 1 aliphatic rings. The second-order valence-corrected chi connectivity index (χ2v) is 6.97. The first kappa shape index (κ1) is 18.7. The van der Waals surface area contributed by atoms with Gasteiger partial charge >= 0.3 is 0 Å². The molecule has 2 unspecified atom stereocenters. The first-order valence-corrected chi connectivity index (χ1v) is 9.07. The molecule has 0 spiro atoms. The van der Waals surface area contributed by atoms with Crippen LogP contribution in [0.15, 0.2) is 30.7 Å². The van der Waals surface area contributed by atoms with Gasteiger partial charge in [0.25, 0.3) is 5.91 Å². The third-order valence-electron chi connectivity index (χ3n) is 5.01. The summed E-state index contributed by atoms with van der Waals surface area (Å²) in [5, 5.41) is 6.54. The van der Waals surface area contributed by atoms with Crippen molar-refractivity contribution >= 4 is 34.2 Å². The summed E-state index contributed by atoms with van der Waals surface area (Å²) in [6.45, 7) is 1.81. The molecule has 8 nitrogen and oxygen atoms in total. The summed E-state index contributed by atoms with van der Waals surface area (Å²) in [5.74, 6) is -0.659. The van der Waals surface area contributed by atoms with E-state index in [-0.39, 0.29) is 24.1 Å². The van der Waals surface area contributed by atoms with Crippen molar-refractivity contribution in [1.82, 2.24) is 20.3 Å². The number of halogens is 1. The number of anilines is 2. The lowest BCUT2D eigenvalue weighted by atomic mass is 10.0. The molecule has 0 bridgehead atoms. The Kier molecular flexibility index (Phi) is 4.57. The molecule has 3 heterocycles. The van der Waals surface area contributed by atoms with E-state index >= 15 is 0 Å². The molecule has 1 aliphatic carbocycles. The number of carbonyl (C=O) groups is 2. The van der Waals surface area contributed by atoms with E-state index in [9.17, 15) is 14.0 Å². The number of alkyl halides is 1. The Morgan fingerprint density at radius 1 is 1.24 bits per heavy atom. The van der Waals surface area contributed by atoms with E-state index in [1.54, 1.807) is 25.4 Å². The topological polar surface area (TPSA) is 123 Å². The van der Waals surface area contributed by atoms with E-state index in [0.717, 1.165) is 5.56 Å². The van der Waals surface area contributed by atoms with Crippen molar-refractivity contribution < 1.29 is 14.0 Å². The van der Waals surface area contributed by atoms with Crippen molar-refractivity contribution in [3.05, 3.63) is 41.9 Å². The van der Waals surface area contributed by atoms with Crippen molar-refractivity contribution in [3.8, 4) is 11.3 Å². The van der Waals surface area contributed by atoms with Crippen LogP contribution < -0.4 is 16.4 Å². The van der Waals surface area contributed by atoms with E-state index in [2.05, 4.69) is 25.6 Å². The molecule has 0 aliphatic heterocycles. The molecule has 4 N–H and O–H groups in total. The summed E-state index contributed by atoms with van der Waals surface area (Å²) < 4.78 is 13.1. The third kappa shape index (κ3) is 3.46. The molecule has 0 radical (unpaired) electrons. The van der Waals surface area contributed by atoms with Gasteiger partial charge < -0.3 is 16.4 Å². The average Bonchev–Trinajstić information content (AvgIpc) is 3.44. The van der Waals surface area contributed by atoms with E-state index in [4.69, 9.17) is 5.73 Å². The van der Waals surface area contributed by atoms with Gasteiger partial charge in [-0.25, -0.2) is 14.4 Å². The predicted molar refractivity (Wildman–Crippen MR) is 107 cm³/mol. The second-order valence-electron chi connectivity index (χ2n) is 6.97. The zero-order valence-electron chi connectivity index (χ0n) is 15.9. The lowest BCUT2D eigenvalue weighted by Crippen LogP contribution is -2.19. The highest BCUT2D eigenvalue weighted by atomic mass is 19.1. The van der Waals surface area contributed by atoms with Gasteiger partial charge in [0.1, 0.15) is 17.8 Å².